The lowest BCUT2D eigenvalue weighted by atomic mass is 10.1. The van der Waals surface area contributed by atoms with Gasteiger partial charge in [0, 0.05) is 40.8 Å². The fraction of sp³-hybridized carbons (Fsp3) is 0.538. The molecule has 1 rings (SSSR count). The minimum absolute atomic E-state index is 0.156. The predicted octanol–water partition coefficient (Wildman–Crippen LogP) is 3.47. The van der Waals surface area contributed by atoms with E-state index in [4.69, 9.17) is 23.2 Å². The fourth-order valence-electron chi connectivity index (χ4n) is 1.44. The lowest BCUT2D eigenvalue weighted by Crippen LogP contribution is -2.40. The summed E-state index contributed by atoms with van der Waals surface area (Å²) in [5.41, 5.74) is 1.12. The molecule has 0 atom stereocenters. The van der Waals surface area contributed by atoms with E-state index in [1.165, 1.54) is 0 Å². The molecular formula is C13H20Cl2N2. The number of hydrogen-bond donors (Lipinski definition) is 2. The van der Waals surface area contributed by atoms with Crippen LogP contribution in [0.5, 0.6) is 0 Å². The van der Waals surface area contributed by atoms with Crippen molar-refractivity contribution in [1.29, 1.82) is 0 Å². The van der Waals surface area contributed by atoms with E-state index in [1.54, 1.807) is 0 Å². The molecule has 1 aromatic rings. The highest BCUT2D eigenvalue weighted by atomic mass is 35.5. The molecule has 96 valence electrons. The monoisotopic (exact) mass is 274 g/mol. The van der Waals surface area contributed by atoms with E-state index in [0.717, 1.165) is 18.7 Å². The summed E-state index contributed by atoms with van der Waals surface area (Å²) in [4.78, 5) is 0. The van der Waals surface area contributed by atoms with Gasteiger partial charge >= 0.3 is 0 Å². The van der Waals surface area contributed by atoms with Crippen LogP contribution in [-0.4, -0.2) is 18.6 Å². The Balaban J connectivity index is 2.32. The van der Waals surface area contributed by atoms with Crippen LogP contribution in [0, 0.1) is 0 Å². The first kappa shape index (κ1) is 14.8. The van der Waals surface area contributed by atoms with Gasteiger partial charge in [-0.1, -0.05) is 29.3 Å². The van der Waals surface area contributed by atoms with Gasteiger partial charge in [0.15, 0.2) is 0 Å². The van der Waals surface area contributed by atoms with Crippen LogP contribution in [0.2, 0.25) is 10.0 Å². The average Bonchev–Trinajstić information content (AvgIpc) is 2.20. The van der Waals surface area contributed by atoms with E-state index < -0.39 is 0 Å². The van der Waals surface area contributed by atoms with Crippen molar-refractivity contribution >= 4 is 23.2 Å². The molecule has 0 heterocycles. The summed E-state index contributed by atoms with van der Waals surface area (Å²) in [7, 11) is 0. The molecule has 0 spiro atoms. The molecule has 0 saturated carbocycles. The third kappa shape index (κ3) is 5.73. The van der Waals surface area contributed by atoms with Gasteiger partial charge in [0.05, 0.1) is 0 Å². The Morgan fingerprint density at radius 3 is 2.18 bits per heavy atom. The number of halogens is 2. The van der Waals surface area contributed by atoms with Crippen LogP contribution in [0.25, 0.3) is 0 Å². The summed E-state index contributed by atoms with van der Waals surface area (Å²) >= 11 is 12.1. The molecule has 0 aromatic heterocycles. The number of nitrogens with one attached hydrogen (secondary N) is 2. The van der Waals surface area contributed by atoms with E-state index in [2.05, 4.69) is 31.4 Å². The Morgan fingerprint density at radius 1 is 1.06 bits per heavy atom. The third-order valence-electron chi connectivity index (χ3n) is 2.32. The van der Waals surface area contributed by atoms with Crippen LogP contribution in [0.3, 0.4) is 0 Å². The molecule has 0 aliphatic rings. The van der Waals surface area contributed by atoms with Crippen molar-refractivity contribution in [2.24, 2.45) is 0 Å². The quantitative estimate of drug-likeness (QED) is 0.804. The van der Waals surface area contributed by atoms with Crippen molar-refractivity contribution in [2.75, 3.05) is 13.1 Å². The molecule has 1 aromatic carbocycles. The van der Waals surface area contributed by atoms with Crippen LogP contribution in [0.4, 0.5) is 0 Å². The Labute approximate surface area is 114 Å². The summed E-state index contributed by atoms with van der Waals surface area (Å²) < 4.78 is 0. The summed E-state index contributed by atoms with van der Waals surface area (Å²) in [5.74, 6) is 0. The molecule has 0 amide bonds. The summed E-state index contributed by atoms with van der Waals surface area (Å²) in [6.07, 6.45) is 0. The van der Waals surface area contributed by atoms with Crippen molar-refractivity contribution in [3.8, 4) is 0 Å². The van der Waals surface area contributed by atoms with Crippen molar-refractivity contribution < 1.29 is 0 Å². The largest absolute Gasteiger partial charge is 0.311 e. The molecule has 0 radical (unpaired) electrons. The molecule has 0 saturated heterocycles. The molecule has 2 N–H and O–H groups in total. The predicted molar refractivity (Wildman–Crippen MR) is 75.9 cm³/mol. The van der Waals surface area contributed by atoms with Crippen molar-refractivity contribution in [3.05, 3.63) is 33.8 Å². The maximum atomic E-state index is 6.07. The summed E-state index contributed by atoms with van der Waals surface area (Å²) in [6, 6.07) is 5.57. The van der Waals surface area contributed by atoms with Crippen LogP contribution < -0.4 is 10.6 Å². The Morgan fingerprint density at radius 2 is 1.65 bits per heavy atom. The number of hydrogen-bond acceptors (Lipinski definition) is 2. The normalized spacial score (nSPS) is 11.8. The maximum Gasteiger partial charge on any atom is 0.0465 e. The van der Waals surface area contributed by atoms with Crippen molar-refractivity contribution in [2.45, 2.75) is 32.9 Å². The van der Waals surface area contributed by atoms with Crippen LogP contribution >= 0.6 is 23.2 Å². The maximum absolute atomic E-state index is 6.07. The Kier molecular flexibility index (Phi) is 5.74. The number of benzene rings is 1. The van der Waals surface area contributed by atoms with Gasteiger partial charge in [-0.15, -0.1) is 0 Å². The molecule has 0 aliphatic heterocycles. The zero-order valence-corrected chi connectivity index (χ0v) is 12.1. The molecule has 0 bridgehead atoms. The standard InChI is InChI=1S/C13H20Cl2N2/c1-13(2,3)17-8-7-16-9-10-11(14)5-4-6-12(10)15/h4-6,16-17H,7-9H2,1-3H3. The highest BCUT2D eigenvalue weighted by Gasteiger charge is 2.08. The van der Waals surface area contributed by atoms with Gasteiger partial charge in [0.25, 0.3) is 0 Å². The van der Waals surface area contributed by atoms with Gasteiger partial charge in [-0.25, -0.2) is 0 Å². The zero-order valence-electron chi connectivity index (χ0n) is 10.6. The van der Waals surface area contributed by atoms with Gasteiger partial charge in [0.1, 0.15) is 0 Å². The zero-order chi connectivity index (χ0) is 12.9. The Hall–Kier alpha value is -0.280. The van der Waals surface area contributed by atoms with Gasteiger partial charge in [-0.2, -0.15) is 0 Å². The second-order valence-corrected chi connectivity index (χ2v) is 5.87. The van der Waals surface area contributed by atoms with Crippen molar-refractivity contribution in [3.63, 3.8) is 0 Å². The first-order valence-electron chi connectivity index (χ1n) is 5.79. The smallest absolute Gasteiger partial charge is 0.0465 e. The van der Waals surface area contributed by atoms with Crippen molar-refractivity contribution in [1.82, 2.24) is 10.6 Å². The lowest BCUT2D eigenvalue weighted by molar-refractivity contribution is 0.421. The topological polar surface area (TPSA) is 24.1 Å². The molecule has 17 heavy (non-hydrogen) atoms. The lowest BCUT2D eigenvalue weighted by Gasteiger charge is -2.20. The molecule has 0 unspecified atom stereocenters. The molecular weight excluding hydrogens is 255 g/mol. The second kappa shape index (κ2) is 6.60. The first-order chi connectivity index (χ1) is 7.90. The van der Waals surface area contributed by atoms with Gasteiger partial charge in [-0.3, -0.25) is 0 Å². The van der Waals surface area contributed by atoms with E-state index in [-0.39, 0.29) is 5.54 Å². The third-order valence-corrected chi connectivity index (χ3v) is 3.03. The van der Waals surface area contributed by atoms with Crippen LogP contribution in [0.15, 0.2) is 18.2 Å². The van der Waals surface area contributed by atoms with E-state index in [0.29, 0.717) is 16.6 Å². The number of rotatable bonds is 5. The fourth-order valence-corrected chi connectivity index (χ4v) is 1.97. The highest BCUT2D eigenvalue weighted by Crippen LogP contribution is 2.23. The van der Waals surface area contributed by atoms with Gasteiger partial charge in [0.2, 0.25) is 0 Å². The molecule has 0 fully saturated rings. The van der Waals surface area contributed by atoms with Gasteiger partial charge in [-0.05, 0) is 32.9 Å². The highest BCUT2D eigenvalue weighted by molar-refractivity contribution is 6.35. The summed E-state index contributed by atoms with van der Waals surface area (Å²) in [6.45, 7) is 8.96. The first-order valence-corrected chi connectivity index (χ1v) is 6.54. The minimum Gasteiger partial charge on any atom is -0.311 e. The summed E-state index contributed by atoms with van der Waals surface area (Å²) in [5, 5.41) is 8.17. The minimum atomic E-state index is 0.156. The van der Waals surface area contributed by atoms with E-state index in [9.17, 15) is 0 Å². The average molecular weight is 275 g/mol. The SMILES string of the molecule is CC(C)(C)NCCNCc1c(Cl)cccc1Cl. The molecule has 2 nitrogen and oxygen atoms in total. The molecule has 4 heteroatoms. The molecule has 0 aliphatic carbocycles. The van der Waals surface area contributed by atoms with Gasteiger partial charge < -0.3 is 10.6 Å². The van der Waals surface area contributed by atoms with E-state index in [1.807, 2.05) is 18.2 Å². The van der Waals surface area contributed by atoms with E-state index >= 15 is 0 Å². The second-order valence-electron chi connectivity index (χ2n) is 5.05. The van der Waals surface area contributed by atoms with Crippen LogP contribution in [-0.2, 0) is 6.54 Å². The Bertz CT molecular complexity index is 339. The van der Waals surface area contributed by atoms with Crippen LogP contribution in [0.1, 0.15) is 26.3 Å².